The summed E-state index contributed by atoms with van der Waals surface area (Å²) in [6.07, 6.45) is 0. The van der Waals surface area contributed by atoms with Crippen molar-refractivity contribution in [3.05, 3.63) is 0 Å². The number of rotatable bonds is 6. The van der Waals surface area contributed by atoms with Gasteiger partial charge in [0.1, 0.15) is 0 Å². The van der Waals surface area contributed by atoms with Gasteiger partial charge in [-0.05, 0) is 0 Å². The smallest absolute Gasteiger partial charge is 0.402 e. The van der Waals surface area contributed by atoms with Crippen molar-refractivity contribution in [1.82, 2.24) is 0 Å². The first-order chi connectivity index (χ1) is 12.8. The zero-order valence-electron chi connectivity index (χ0n) is 18.3. The zero-order chi connectivity index (χ0) is 24.9. The van der Waals surface area contributed by atoms with Crippen LogP contribution in [-0.2, 0) is 0 Å². The van der Waals surface area contributed by atoms with Crippen LogP contribution < -0.4 is 0 Å². The molecule has 0 bridgehead atoms. The Labute approximate surface area is 173 Å². The average Bonchev–Trinajstić information content (AvgIpc) is 2.62. The van der Waals surface area contributed by atoms with Gasteiger partial charge in [0, 0.05) is 16.2 Å². The molecular formula is C15H42B2O12. The molecular weight excluding hydrogens is 394 g/mol. The normalized spacial score (nSPS) is 10.6. The standard InChI is InChI=1S/3C5H12O2.2BH3O3/c3*1-5(2,3-6)4-7;2*2-1(3)4/h3*6-7H,3-4H2,1-2H3;2*2-4H. The van der Waals surface area contributed by atoms with Gasteiger partial charge in [0.15, 0.2) is 0 Å². The maximum Gasteiger partial charge on any atom is 0.631 e. The molecule has 12 N–H and O–H groups in total. The van der Waals surface area contributed by atoms with E-state index in [4.69, 9.17) is 60.8 Å². The van der Waals surface area contributed by atoms with Crippen molar-refractivity contribution in [3.8, 4) is 0 Å². The van der Waals surface area contributed by atoms with Gasteiger partial charge in [0.2, 0.25) is 0 Å². The van der Waals surface area contributed by atoms with Crippen LogP contribution in [0.5, 0.6) is 0 Å². The largest absolute Gasteiger partial charge is 0.631 e. The van der Waals surface area contributed by atoms with Crippen LogP contribution >= 0.6 is 0 Å². The van der Waals surface area contributed by atoms with E-state index < -0.39 is 14.6 Å². The van der Waals surface area contributed by atoms with Crippen molar-refractivity contribution in [2.24, 2.45) is 16.2 Å². The fourth-order valence-electron chi connectivity index (χ4n) is 0.150. The first-order valence-electron chi connectivity index (χ1n) is 8.57. The van der Waals surface area contributed by atoms with E-state index in [-0.39, 0.29) is 55.9 Å². The molecule has 14 heteroatoms. The second kappa shape index (κ2) is 22.3. The summed E-state index contributed by atoms with van der Waals surface area (Å²) >= 11 is 0. The van der Waals surface area contributed by atoms with E-state index in [2.05, 4.69) is 0 Å². The topological polar surface area (TPSA) is 243 Å². The van der Waals surface area contributed by atoms with E-state index in [0.29, 0.717) is 0 Å². The Balaban J connectivity index is -0.0000000847. The molecule has 29 heavy (non-hydrogen) atoms. The van der Waals surface area contributed by atoms with Gasteiger partial charge in [-0.15, -0.1) is 0 Å². The number of hydrogen-bond donors (Lipinski definition) is 12. The third-order valence-corrected chi connectivity index (χ3v) is 2.57. The Kier molecular flexibility index (Phi) is 30.2. The van der Waals surface area contributed by atoms with Gasteiger partial charge in [0.05, 0.1) is 39.6 Å². The minimum Gasteiger partial charge on any atom is -0.402 e. The van der Waals surface area contributed by atoms with Gasteiger partial charge in [-0.25, -0.2) is 0 Å². The number of aliphatic hydroxyl groups is 6. The maximum absolute atomic E-state index is 8.43. The quantitative estimate of drug-likeness (QED) is 0.178. The molecule has 0 aromatic heterocycles. The molecule has 0 fully saturated rings. The van der Waals surface area contributed by atoms with Crippen molar-refractivity contribution < 1.29 is 60.8 Å². The molecule has 12 nitrogen and oxygen atoms in total. The molecule has 0 aliphatic heterocycles. The predicted octanol–water partition coefficient (Wildman–Crippen LogP) is -4.11. The summed E-state index contributed by atoms with van der Waals surface area (Å²) in [6, 6.07) is 0. The first-order valence-corrected chi connectivity index (χ1v) is 8.57. The highest BCUT2D eigenvalue weighted by molar-refractivity contribution is 6.30. The second-order valence-electron chi connectivity index (χ2n) is 8.13. The highest BCUT2D eigenvalue weighted by Gasteiger charge is 2.14. The Morgan fingerprint density at radius 1 is 0.379 bits per heavy atom. The molecule has 0 unspecified atom stereocenters. The molecule has 0 aromatic rings. The van der Waals surface area contributed by atoms with Crippen LogP contribution in [0.15, 0.2) is 0 Å². The van der Waals surface area contributed by atoms with Gasteiger partial charge in [-0.3, -0.25) is 0 Å². The van der Waals surface area contributed by atoms with E-state index in [1.54, 1.807) is 41.5 Å². The summed E-state index contributed by atoms with van der Waals surface area (Å²) in [5.41, 5.74) is -0.917. The molecule has 0 saturated heterocycles. The molecule has 0 heterocycles. The average molecular weight is 436 g/mol. The Morgan fingerprint density at radius 2 is 0.448 bits per heavy atom. The van der Waals surface area contributed by atoms with E-state index in [9.17, 15) is 0 Å². The van der Waals surface area contributed by atoms with Gasteiger partial charge in [0.25, 0.3) is 0 Å². The van der Waals surface area contributed by atoms with Crippen molar-refractivity contribution in [1.29, 1.82) is 0 Å². The summed E-state index contributed by atoms with van der Waals surface area (Å²) < 4.78 is 0. The van der Waals surface area contributed by atoms with Crippen LogP contribution in [0.2, 0.25) is 0 Å². The Morgan fingerprint density at radius 3 is 0.448 bits per heavy atom. The van der Waals surface area contributed by atoms with Crippen LogP contribution in [0.3, 0.4) is 0 Å². The van der Waals surface area contributed by atoms with Gasteiger partial charge < -0.3 is 60.8 Å². The van der Waals surface area contributed by atoms with Gasteiger partial charge in [-0.1, -0.05) is 41.5 Å². The van der Waals surface area contributed by atoms with Crippen LogP contribution in [0.1, 0.15) is 41.5 Å². The molecule has 180 valence electrons. The lowest BCUT2D eigenvalue weighted by atomic mass is 9.97. The minimum atomic E-state index is -2.17. The highest BCUT2D eigenvalue weighted by Crippen LogP contribution is 2.11. The SMILES string of the molecule is CC(C)(CO)CO.CC(C)(CO)CO.CC(C)(CO)CO.OB(O)O.OB(O)O. The van der Waals surface area contributed by atoms with Crippen LogP contribution in [0.25, 0.3) is 0 Å². The van der Waals surface area contributed by atoms with Crippen LogP contribution in [0.4, 0.5) is 0 Å². The molecule has 0 spiro atoms. The third-order valence-electron chi connectivity index (χ3n) is 2.57. The highest BCUT2D eigenvalue weighted by atomic mass is 16.5. The molecule has 0 atom stereocenters. The first kappa shape index (κ1) is 39.2. The molecule has 0 saturated carbocycles. The second-order valence-corrected chi connectivity index (χ2v) is 8.13. The zero-order valence-corrected chi connectivity index (χ0v) is 18.3. The van der Waals surface area contributed by atoms with Crippen molar-refractivity contribution in [3.63, 3.8) is 0 Å². The molecule has 0 rings (SSSR count). The van der Waals surface area contributed by atoms with Crippen LogP contribution in [-0.4, -0.2) is 115 Å². The summed E-state index contributed by atoms with van der Waals surface area (Å²) in [5.74, 6) is 0. The minimum absolute atomic E-state index is 0.0451. The predicted molar refractivity (Wildman–Crippen MR) is 109 cm³/mol. The lowest BCUT2D eigenvalue weighted by Gasteiger charge is -2.16. The fourth-order valence-corrected chi connectivity index (χ4v) is 0.150. The molecule has 0 amide bonds. The van der Waals surface area contributed by atoms with Crippen molar-refractivity contribution >= 4 is 14.6 Å². The van der Waals surface area contributed by atoms with Crippen LogP contribution in [0, 0.1) is 16.2 Å². The van der Waals surface area contributed by atoms with Crippen molar-refractivity contribution in [2.45, 2.75) is 41.5 Å². The Hall–Kier alpha value is -0.350. The lowest BCUT2D eigenvalue weighted by Crippen LogP contribution is -2.20. The Bertz CT molecular complexity index is 248. The van der Waals surface area contributed by atoms with E-state index >= 15 is 0 Å². The summed E-state index contributed by atoms with van der Waals surface area (Å²) in [6.45, 7) is 11.1. The number of aliphatic hydroxyl groups excluding tert-OH is 6. The fraction of sp³-hybridized carbons (Fsp3) is 1.00. The van der Waals surface area contributed by atoms with Gasteiger partial charge in [-0.2, -0.15) is 0 Å². The summed E-state index contributed by atoms with van der Waals surface area (Å²) in [7, 11) is -4.33. The molecule has 0 aliphatic carbocycles. The van der Waals surface area contributed by atoms with Crippen molar-refractivity contribution in [2.75, 3.05) is 39.6 Å². The molecule has 0 aromatic carbocycles. The van der Waals surface area contributed by atoms with Gasteiger partial charge >= 0.3 is 14.6 Å². The molecule has 0 aliphatic rings. The van der Waals surface area contributed by atoms with E-state index in [1.807, 2.05) is 0 Å². The monoisotopic (exact) mass is 436 g/mol. The lowest BCUT2D eigenvalue weighted by molar-refractivity contribution is 0.0855. The third kappa shape index (κ3) is 58.4. The van der Waals surface area contributed by atoms with E-state index in [0.717, 1.165) is 0 Å². The summed E-state index contributed by atoms with van der Waals surface area (Å²) in [4.78, 5) is 0. The maximum atomic E-state index is 8.43. The summed E-state index contributed by atoms with van der Waals surface area (Å²) in [5, 5.41) is 93.6. The number of hydrogen-bond acceptors (Lipinski definition) is 12. The van der Waals surface area contributed by atoms with E-state index in [1.165, 1.54) is 0 Å². The molecule has 0 radical (unpaired) electrons.